The summed E-state index contributed by atoms with van der Waals surface area (Å²) in [5.41, 5.74) is 0.268. The Kier molecular flexibility index (Phi) is 8.39. The summed E-state index contributed by atoms with van der Waals surface area (Å²) in [7, 11) is 3.87. The van der Waals surface area contributed by atoms with Crippen molar-refractivity contribution in [2.24, 2.45) is 12.2 Å². The van der Waals surface area contributed by atoms with Crippen LogP contribution in [-0.4, -0.2) is 29.9 Å². The molecule has 0 aliphatic rings. The van der Waals surface area contributed by atoms with Gasteiger partial charge in [-0.2, -0.15) is 18.3 Å². The molecule has 0 aliphatic carbocycles. The SMILES string of the molecule is CO/N=C(/C#Cc1cc(-c2nn(C)c(C(F)(F)F)c2Cl)c(C)cc1Cl)OC.[Ir]. The zero-order chi connectivity index (χ0) is 20.4. The fourth-order valence-corrected chi connectivity index (χ4v) is 2.95. The molecule has 1 aromatic heterocycles. The van der Waals surface area contributed by atoms with Gasteiger partial charge in [0.25, 0.3) is 0 Å². The van der Waals surface area contributed by atoms with Gasteiger partial charge in [-0.1, -0.05) is 29.1 Å². The van der Waals surface area contributed by atoms with Crippen LogP contribution in [0.3, 0.4) is 0 Å². The summed E-state index contributed by atoms with van der Waals surface area (Å²) in [5.74, 6) is 5.36. The Morgan fingerprint density at radius 3 is 2.39 bits per heavy atom. The van der Waals surface area contributed by atoms with E-state index in [4.69, 9.17) is 27.9 Å². The Labute approximate surface area is 183 Å². The first kappa shape index (κ1) is 24.3. The van der Waals surface area contributed by atoms with Crippen LogP contribution in [0.4, 0.5) is 13.2 Å². The third-order valence-electron chi connectivity index (χ3n) is 3.50. The van der Waals surface area contributed by atoms with Crippen molar-refractivity contribution in [2.75, 3.05) is 14.2 Å². The molecule has 0 saturated heterocycles. The molecular formula is C17H14Cl2F3IrN3O2. The first-order chi connectivity index (χ1) is 12.6. The van der Waals surface area contributed by atoms with Crippen molar-refractivity contribution in [3.8, 4) is 23.1 Å². The van der Waals surface area contributed by atoms with E-state index < -0.39 is 16.9 Å². The van der Waals surface area contributed by atoms with Gasteiger partial charge >= 0.3 is 12.1 Å². The molecule has 0 spiro atoms. The molecule has 1 aromatic carbocycles. The monoisotopic (exact) mass is 612 g/mol. The fourth-order valence-electron chi connectivity index (χ4n) is 2.32. The second-order valence-electron chi connectivity index (χ2n) is 5.31. The predicted molar refractivity (Wildman–Crippen MR) is 96.7 cm³/mol. The van der Waals surface area contributed by atoms with Crippen LogP contribution in [0.25, 0.3) is 11.3 Å². The summed E-state index contributed by atoms with van der Waals surface area (Å²) in [4.78, 5) is 4.58. The van der Waals surface area contributed by atoms with E-state index in [2.05, 4.69) is 26.9 Å². The number of hydrogen-bond donors (Lipinski definition) is 0. The first-order valence-electron chi connectivity index (χ1n) is 7.37. The molecule has 2 rings (SSSR count). The number of ether oxygens (including phenoxy) is 1. The van der Waals surface area contributed by atoms with E-state index in [1.54, 1.807) is 13.0 Å². The Morgan fingerprint density at radius 1 is 1.25 bits per heavy atom. The molecule has 28 heavy (non-hydrogen) atoms. The summed E-state index contributed by atoms with van der Waals surface area (Å²) in [5, 5.41) is 7.29. The molecule has 0 unspecified atom stereocenters. The van der Waals surface area contributed by atoms with Gasteiger partial charge in [0.2, 0.25) is 0 Å². The molecule has 0 atom stereocenters. The first-order valence-corrected chi connectivity index (χ1v) is 8.13. The van der Waals surface area contributed by atoms with Crippen molar-refractivity contribution in [3.63, 3.8) is 0 Å². The minimum atomic E-state index is -4.63. The second-order valence-corrected chi connectivity index (χ2v) is 6.10. The summed E-state index contributed by atoms with van der Waals surface area (Å²) in [6.07, 6.45) is -4.63. The maximum Gasteiger partial charge on any atom is 0.434 e. The van der Waals surface area contributed by atoms with Crippen LogP contribution < -0.4 is 0 Å². The van der Waals surface area contributed by atoms with Gasteiger partial charge in [-0.15, -0.1) is 0 Å². The van der Waals surface area contributed by atoms with E-state index >= 15 is 0 Å². The van der Waals surface area contributed by atoms with Crippen LogP contribution in [-0.2, 0) is 42.9 Å². The average molecular weight is 612 g/mol. The van der Waals surface area contributed by atoms with Crippen LogP contribution >= 0.6 is 23.2 Å². The Balaban J connectivity index is 0.00000392. The van der Waals surface area contributed by atoms with Crippen LogP contribution in [0, 0.1) is 18.8 Å². The molecule has 0 aliphatic heterocycles. The van der Waals surface area contributed by atoms with E-state index in [0.717, 1.165) is 0 Å². The van der Waals surface area contributed by atoms with Gasteiger partial charge in [-0.05, 0) is 29.8 Å². The van der Waals surface area contributed by atoms with Crippen molar-refractivity contribution in [1.82, 2.24) is 9.78 Å². The molecule has 2 aromatic rings. The normalized spacial score (nSPS) is 11.4. The minimum Gasteiger partial charge on any atom is -0.473 e. The molecule has 1 heterocycles. The van der Waals surface area contributed by atoms with Gasteiger partial charge < -0.3 is 9.57 Å². The van der Waals surface area contributed by atoms with Gasteiger partial charge in [0, 0.05) is 44.2 Å². The Bertz CT molecular complexity index is 963. The third-order valence-corrected chi connectivity index (χ3v) is 4.17. The van der Waals surface area contributed by atoms with E-state index in [-0.39, 0.29) is 31.7 Å². The van der Waals surface area contributed by atoms with Crippen molar-refractivity contribution < 1.29 is 42.9 Å². The Hall–Kier alpha value is -1.72. The van der Waals surface area contributed by atoms with Gasteiger partial charge in [0.1, 0.15) is 12.8 Å². The fraction of sp³-hybridized carbons (Fsp3) is 0.294. The number of alkyl halides is 3. The second kappa shape index (κ2) is 9.66. The summed E-state index contributed by atoms with van der Waals surface area (Å²) in [6.45, 7) is 1.68. The molecule has 1 radical (unpaired) electrons. The van der Waals surface area contributed by atoms with E-state index in [1.807, 2.05) is 0 Å². The standard InChI is InChI=1S/C17H14Cl2F3N3O2.Ir/c1-9-7-12(18)10(5-6-13(26-3)24-27-4)8-11(9)15-14(19)16(17(20,21)22)25(2)23-15;/h7-8H,1-4H3;/b24-13-;. The number of hydrogen-bond acceptors (Lipinski definition) is 4. The number of aryl methyl sites for hydroxylation is 2. The molecule has 0 N–H and O–H groups in total. The van der Waals surface area contributed by atoms with Crippen LogP contribution in [0.1, 0.15) is 16.8 Å². The van der Waals surface area contributed by atoms with E-state index in [0.29, 0.717) is 26.4 Å². The topological polar surface area (TPSA) is 48.6 Å². The van der Waals surface area contributed by atoms with Gasteiger partial charge in [-0.25, -0.2) is 0 Å². The molecule has 11 heteroatoms. The summed E-state index contributed by atoms with van der Waals surface area (Å²) in [6, 6.07) is 3.08. The molecule has 0 saturated carbocycles. The Morgan fingerprint density at radius 2 is 1.89 bits per heavy atom. The van der Waals surface area contributed by atoms with Crippen LogP contribution in [0.2, 0.25) is 10.0 Å². The van der Waals surface area contributed by atoms with Gasteiger partial charge in [0.05, 0.1) is 17.2 Å². The van der Waals surface area contributed by atoms with Crippen molar-refractivity contribution in [3.05, 3.63) is 39.0 Å². The zero-order valence-electron chi connectivity index (χ0n) is 15.0. The number of halogens is 5. The van der Waals surface area contributed by atoms with Crippen LogP contribution in [0.15, 0.2) is 17.3 Å². The molecule has 0 fully saturated rings. The molecular weight excluding hydrogens is 598 g/mol. The number of rotatable bonds is 2. The summed E-state index contributed by atoms with van der Waals surface area (Å²) >= 11 is 12.2. The number of oxime groups is 1. The zero-order valence-corrected chi connectivity index (χ0v) is 18.9. The predicted octanol–water partition coefficient (Wildman–Crippen LogP) is 4.68. The number of aromatic nitrogens is 2. The van der Waals surface area contributed by atoms with Gasteiger partial charge in [0.15, 0.2) is 5.69 Å². The number of benzene rings is 1. The average Bonchev–Trinajstić information content (AvgIpc) is 2.87. The molecule has 153 valence electrons. The van der Waals surface area contributed by atoms with Crippen molar-refractivity contribution >= 4 is 29.1 Å². The largest absolute Gasteiger partial charge is 0.473 e. The number of nitrogens with zero attached hydrogens (tertiary/aromatic N) is 3. The van der Waals surface area contributed by atoms with Crippen LogP contribution in [0.5, 0.6) is 0 Å². The minimum absolute atomic E-state index is 0. The quantitative estimate of drug-likeness (QED) is 0.215. The maximum absolute atomic E-state index is 13.2. The molecule has 5 nitrogen and oxygen atoms in total. The smallest absolute Gasteiger partial charge is 0.434 e. The van der Waals surface area contributed by atoms with Gasteiger partial charge in [-0.3, -0.25) is 4.68 Å². The molecule has 0 amide bonds. The van der Waals surface area contributed by atoms with Crippen molar-refractivity contribution in [1.29, 1.82) is 0 Å². The summed E-state index contributed by atoms with van der Waals surface area (Å²) < 4.78 is 45.1. The third kappa shape index (κ3) is 5.20. The van der Waals surface area contributed by atoms with Crippen molar-refractivity contribution in [2.45, 2.75) is 13.1 Å². The molecule has 0 bridgehead atoms. The number of methoxy groups -OCH3 is 1. The van der Waals surface area contributed by atoms with E-state index in [1.165, 1.54) is 27.3 Å². The maximum atomic E-state index is 13.2. The van der Waals surface area contributed by atoms with E-state index in [9.17, 15) is 13.2 Å².